The standard InChI is InChI=1S/C18H17NOS/c20-16(14-10-13(14)12-6-2-1-3-7-12)11-18-19-15-8-4-5-9-17(15)21-18/h1-9,13-14,16,20H,10-11H2. The fourth-order valence-corrected chi connectivity index (χ4v) is 4.08. The van der Waals surface area contributed by atoms with E-state index in [0.29, 0.717) is 18.3 Å². The minimum Gasteiger partial charge on any atom is -0.392 e. The van der Waals surface area contributed by atoms with Gasteiger partial charge in [-0.1, -0.05) is 42.5 Å². The lowest BCUT2D eigenvalue weighted by molar-refractivity contribution is 0.149. The molecule has 2 nitrogen and oxygen atoms in total. The van der Waals surface area contributed by atoms with Gasteiger partial charge < -0.3 is 5.11 Å². The van der Waals surface area contributed by atoms with Crippen LogP contribution < -0.4 is 0 Å². The number of rotatable bonds is 4. The van der Waals surface area contributed by atoms with Crippen molar-refractivity contribution in [1.82, 2.24) is 4.98 Å². The molecule has 0 bridgehead atoms. The van der Waals surface area contributed by atoms with Crippen molar-refractivity contribution < 1.29 is 5.11 Å². The van der Waals surface area contributed by atoms with Crippen LogP contribution in [0.15, 0.2) is 54.6 Å². The summed E-state index contributed by atoms with van der Waals surface area (Å²) in [4.78, 5) is 4.62. The molecule has 2 aromatic carbocycles. The zero-order chi connectivity index (χ0) is 14.2. The molecular weight excluding hydrogens is 278 g/mol. The van der Waals surface area contributed by atoms with Crippen LogP contribution in [0.25, 0.3) is 10.2 Å². The molecule has 3 heteroatoms. The van der Waals surface area contributed by atoms with Crippen molar-refractivity contribution in [3.8, 4) is 0 Å². The molecule has 1 aliphatic carbocycles. The molecule has 0 radical (unpaired) electrons. The van der Waals surface area contributed by atoms with E-state index in [-0.39, 0.29) is 6.10 Å². The summed E-state index contributed by atoms with van der Waals surface area (Å²) in [5.41, 5.74) is 2.39. The maximum absolute atomic E-state index is 10.5. The predicted octanol–water partition coefficient (Wildman–Crippen LogP) is 4.00. The molecule has 1 fully saturated rings. The highest BCUT2D eigenvalue weighted by Gasteiger charge is 2.43. The van der Waals surface area contributed by atoms with Crippen molar-refractivity contribution in [3.63, 3.8) is 0 Å². The lowest BCUT2D eigenvalue weighted by Crippen LogP contribution is -2.13. The minimum atomic E-state index is -0.282. The smallest absolute Gasteiger partial charge is 0.0964 e. The fourth-order valence-electron chi connectivity index (χ4n) is 3.06. The number of fused-ring (bicyclic) bond motifs is 1. The van der Waals surface area contributed by atoms with Crippen LogP contribution in [0.2, 0.25) is 0 Å². The summed E-state index contributed by atoms with van der Waals surface area (Å²) in [6.07, 6.45) is 1.49. The van der Waals surface area contributed by atoms with Crippen LogP contribution >= 0.6 is 11.3 Å². The second kappa shape index (κ2) is 5.24. The molecule has 3 unspecified atom stereocenters. The van der Waals surface area contributed by atoms with Gasteiger partial charge in [-0.05, 0) is 36.0 Å². The number of nitrogens with zero attached hydrogens (tertiary/aromatic N) is 1. The summed E-state index contributed by atoms with van der Waals surface area (Å²) in [6, 6.07) is 18.7. The van der Waals surface area contributed by atoms with E-state index < -0.39 is 0 Å². The van der Waals surface area contributed by atoms with E-state index in [4.69, 9.17) is 0 Å². The Morgan fingerprint density at radius 3 is 2.67 bits per heavy atom. The number of hydrogen-bond acceptors (Lipinski definition) is 3. The molecule has 0 saturated heterocycles. The fraction of sp³-hybridized carbons (Fsp3) is 0.278. The Morgan fingerprint density at radius 2 is 1.86 bits per heavy atom. The van der Waals surface area contributed by atoms with Crippen molar-refractivity contribution in [3.05, 3.63) is 65.2 Å². The van der Waals surface area contributed by atoms with E-state index in [9.17, 15) is 5.11 Å². The minimum absolute atomic E-state index is 0.282. The first kappa shape index (κ1) is 13.0. The number of benzene rings is 2. The average Bonchev–Trinajstić information content (AvgIpc) is 3.22. The molecule has 0 aliphatic heterocycles. The van der Waals surface area contributed by atoms with Gasteiger partial charge in [0.25, 0.3) is 0 Å². The quantitative estimate of drug-likeness (QED) is 0.789. The summed E-state index contributed by atoms with van der Waals surface area (Å²) < 4.78 is 1.20. The van der Waals surface area contributed by atoms with E-state index in [1.807, 2.05) is 24.3 Å². The Kier molecular flexibility index (Phi) is 3.24. The van der Waals surface area contributed by atoms with Gasteiger partial charge in [-0.25, -0.2) is 4.98 Å². The topological polar surface area (TPSA) is 33.1 Å². The van der Waals surface area contributed by atoms with E-state index in [0.717, 1.165) is 16.9 Å². The molecule has 106 valence electrons. The number of aromatic nitrogens is 1. The predicted molar refractivity (Wildman–Crippen MR) is 86.6 cm³/mol. The van der Waals surface area contributed by atoms with Crippen molar-refractivity contribution in [2.24, 2.45) is 5.92 Å². The molecule has 1 N–H and O–H groups in total. The third-order valence-corrected chi connectivity index (χ3v) is 5.34. The van der Waals surface area contributed by atoms with Gasteiger partial charge in [0.05, 0.1) is 21.3 Å². The van der Waals surface area contributed by atoms with Crippen molar-refractivity contribution in [2.75, 3.05) is 0 Å². The first-order chi connectivity index (χ1) is 10.3. The Morgan fingerprint density at radius 1 is 1.10 bits per heavy atom. The Bertz CT molecular complexity index is 719. The first-order valence-corrected chi connectivity index (χ1v) is 8.20. The van der Waals surface area contributed by atoms with Gasteiger partial charge in [-0.2, -0.15) is 0 Å². The Balaban J connectivity index is 1.46. The van der Waals surface area contributed by atoms with Crippen LogP contribution in [0, 0.1) is 5.92 Å². The average molecular weight is 295 g/mol. The highest BCUT2D eigenvalue weighted by molar-refractivity contribution is 7.18. The molecular formula is C18H17NOS. The molecule has 0 spiro atoms. The van der Waals surface area contributed by atoms with Gasteiger partial charge in [0, 0.05) is 6.42 Å². The number of hydrogen-bond donors (Lipinski definition) is 1. The van der Waals surface area contributed by atoms with Crippen LogP contribution in [0.5, 0.6) is 0 Å². The van der Waals surface area contributed by atoms with E-state index in [1.54, 1.807) is 11.3 Å². The Hall–Kier alpha value is -1.71. The maximum atomic E-state index is 10.5. The van der Waals surface area contributed by atoms with Crippen molar-refractivity contribution in [1.29, 1.82) is 0 Å². The summed E-state index contributed by atoms with van der Waals surface area (Å²) in [5, 5.41) is 11.5. The van der Waals surface area contributed by atoms with E-state index in [2.05, 4.69) is 35.3 Å². The lowest BCUT2D eigenvalue weighted by Gasteiger charge is -2.08. The molecule has 3 atom stereocenters. The number of thiazole rings is 1. The largest absolute Gasteiger partial charge is 0.392 e. The van der Waals surface area contributed by atoms with Gasteiger partial charge in [0.1, 0.15) is 0 Å². The third-order valence-electron chi connectivity index (χ3n) is 4.28. The van der Waals surface area contributed by atoms with Gasteiger partial charge in [-0.3, -0.25) is 0 Å². The zero-order valence-corrected chi connectivity index (χ0v) is 12.5. The van der Waals surface area contributed by atoms with Crippen molar-refractivity contribution in [2.45, 2.75) is 24.9 Å². The van der Waals surface area contributed by atoms with Gasteiger partial charge >= 0.3 is 0 Å². The number of aliphatic hydroxyl groups is 1. The molecule has 1 aliphatic rings. The summed E-state index contributed by atoms with van der Waals surface area (Å²) >= 11 is 1.70. The van der Waals surface area contributed by atoms with Gasteiger partial charge in [-0.15, -0.1) is 11.3 Å². The summed E-state index contributed by atoms with van der Waals surface area (Å²) in [5.74, 6) is 0.912. The second-order valence-corrected chi connectivity index (χ2v) is 6.88. The molecule has 3 aromatic rings. The van der Waals surface area contributed by atoms with Crippen LogP contribution in [0.3, 0.4) is 0 Å². The SMILES string of the molecule is OC(Cc1nc2ccccc2s1)C1CC1c1ccccc1. The molecule has 0 amide bonds. The van der Waals surface area contributed by atoms with Crippen LogP contribution in [-0.2, 0) is 6.42 Å². The lowest BCUT2D eigenvalue weighted by atomic mass is 10.1. The van der Waals surface area contributed by atoms with E-state index >= 15 is 0 Å². The number of aliphatic hydroxyl groups excluding tert-OH is 1. The molecule has 1 aromatic heterocycles. The van der Waals surface area contributed by atoms with E-state index in [1.165, 1.54) is 10.3 Å². The van der Waals surface area contributed by atoms with Gasteiger partial charge in [0.2, 0.25) is 0 Å². The van der Waals surface area contributed by atoms with Crippen LogP contribution in [0.4, 0.5) is 0 Å². The Labute approximate surface area is 128 Å². The summed E-state index contributed by atoms with van der Waals surface area (Å²) in [6.45, 7) is 0. The maximum Gasteiger partial charge on any atom is 0.0964 e. The summed E-state index contributed by atoms with van der Waals surface area (Å²) in [7, 11) is 0. The zero-order valence-electron chi connectivity index (χ0n) is 11.6. The normalized spacial score (nSPS) is 22.3. The number of para-hydroxylation sites is 1. The second-order valence-electron chi connectivity index (χ2n) is 5.76. The molecule has 21 heavy (non-hydrogen) atoms. The highest BCUT2D eigenvalue weighted by Crippen LogP contribution is 2.50. The van der Waals surface area contributed by atoms with Gasteiger partial charge in [0.15, 0.2) is 0 Å². The molecule has 1 saturated carbocycles. The van der Waals surface area contributed by atoms with Crippen LogP contribution in [0.1, 0.15) is 22.9 Å². The molecule has 1 heterocycles. The highest BCUT2D eigenvalue weighted by atomic mass is 32.1. The third kappa shape index (κ3) is 2.59. The van der Waals surface area contributed by atoms with Crippen LogP contribution in [-0.4, -0.2) is 16.2 Å². The monoisotopic (exact) mass is 295 g/mol. The molecule has 4 rings (SSSR count). The first-order valence-electron chi connectivity index (χ1n) is 7.39. The van der Waals surface area contributed by atoms with Crippen molar-refractivity contribution >= 4 is 21.6 Å².